The number of carbonyl (C=O) groups is 3. The largest absolute Gasteiger partial charge is 0.436 e. The molecule has 12 nitrogen and oxygen atoms in total. The number of oxazole rings is 1. The average Bonchev–Trinajstić information content (AvgIpc) is 3.49. The molecule has 4 heterocycles. The van der Waals surface area contributed by atoms with Crippen molar-refractivity contribution in [3.63, 3.8) is 0 Å². The first-order valence-corrected chi connectivity index (χ1v) is 14.7. The fraction of sp³-hybridized carbons (Fsp3) is 0.462. The predicted octanol–water partition coefficient (Wildman–Crippen LogP) is 2.04. The van der Waals surface area contributed by atoms with Crippen molar-refractivity contribution in [2.75, 3.05) is 33.7 Å². The molecule has 2 aliphatic heterocycles. The molecule has 14 heteroatoms. The highest BCUT2D eigenvalue weighted by atomic mass is 35.5. The highest BCUT2D eigenvalue weighted by Gasteiger charge is 2.41. The maximum Gasteiger partial charge on any atom is 0.310 e. The van der Waals surface area contributed by atoms with E-state index < -0.39 is 27.8 Å². The van der Waals surface area contributed by atoms with Crippen LogP contribution in [0.4, 0.5) is 0 Å². The third-order valence-electron chi connectivity index (χ3n) is 7.36. The molecule has 2 N–H and O–H groups in total. The average molecular weight is 591 g/mol. The number of benzene rings is 1. The van der Waals surface area contributed by atoms with E-state index in [4.69, 9.17) is 16.0 Å². The van der Waals surface area contributed by atoms with Crippen LogP contribution in [0, 0.1) is 0 Å². The van der Waals surface area contributed by atoms with E-state index in [0.29, 0.717) is 40.3 Å². The van der Waals surface area contributed by atoms with Crippen molar-refractivity contribution >= 4 is 50.1 Å². The first-order chi connectivity index (χ1) is 18.9. The van der Waals surface area contributed by atoms with E-state index in [0.717, 1.165) is 0 Å². The number of carbonyl (C=O) groups excluding carboxylic acids is 3. The van der Waals surface area contributed by atoms with Gasteiger partial charge in [-0.3, -0.25) is 14.4 Å². The number of halogens is 1. The fourth-order valence-electron chi connectivity index (χ4n) is 5.21. The number of nitrogens with zero attached hydrogens (tertiary/aromatic N) is 4. The molecule has 214 valence electrons. The quantitative estimate of drug-likeness (QED) is 0.414. The van der Waals surface area contributed by atoms with Gasteiger partial charge in [-0.1, -0.05) is 11.6 Å². The van der Waals surface area contributed by atoms with Crippen molar-refractivity contribution in [3.05, 3.63) is 46.1 Å². The SMILES string of the molecule is CC(=O)c1c(S(=O)(=O)N2CCN(C(=O)c3nc4c(o3)CNC(C)C4)C(CC(=O)N(C)C)C2)[nH]c2ccc(Cl)cc12. The summed E-state index contributed by atoms with van der Waals surface area (Å²) < 4.78 is 34.8. The van der Waals surface area contributed by atoms with Gasteiger partial charge in [0.25, 0.3) is 15.9 Å². The molecule has 1 saturated heterocycles. The minimum Gasteiger partial charge on any atom is -0.436 e. The summed E-state index contributed by atoms with van der Waals surface area (Å²) in [6.45, 7) is 3.57. The second-order valence-corrected chi connectivity index (χ2v) is 12.8. The molecule has 0 aliphatic carbocycles. The van der Waals surface area contributed by atoms with Gasteiger partial charge >= 0.3 is 5.91 Å². The summed E-state index contributed by atoms with van der Waals surface area (Å²) in [5.74, 6) is -0.682. The zero-order chi connectivity index (χ0) is 28.9. The topological polar surface area (TPSA) is 149 Å². The molecular weight excluding hydrogens is 560 g/mol. The van der Waals surface area contributed by atoms with Gasteiger partial charge in [-0.2, -0.15) is 4.31 Å². The van der Waals surface area contributed by atoms with Gasteiger partial charge in [0.1, 0.15) is 5.76 Å². The number of amides is 2. The van der Waals surface area contributed by atoms with Crippen molar-refractivity contribution in [1.29, 1.82) is 0 Å². The molecule has 40 heavy (non-hydrogen) atoms. The van der Waals surface area contributed by atoms with E-state index in [1.807, 2.05) is 6.92 Å². The highest BCUT2D eigenvalue weighted by molar-refractivity contribution is 7.89. The Kier molecular flexibility index (Phi) is 7.50. The van der Waals surface area contributed by atoms with Crippen molar-refractivity contribution in [2.45, 2.75) is 50.3 Å². The first kappa shape index (κ1) is 28.3. The molecule has 2 aliphatic rings. The number of ketones is 1. The lowest BCUT2D eigenvalue weighted by Crippen LogP contribution is -2.57. The van der Waals surface area contributed by atoms with Crippen LogP contribution in [0.15, 0.2) is 27.6 Å². The number of H-pyrrole nitrogens is 1. The summed E-state index contributed by atoms with van der Waals surface area (Å²) >= 11 is 6.12. The Bertz CT molecular complexity index is 1610. The van der Waals surface area contributed by atoms with Crippen molar-refractivity contribution < 1.29 is 27.2 Å². The van der Waals surface area contributed by atoms with Crippen LogP contribution in [0.25, 0.3) is 10.9 Å². The van der Waals surface area contributed by atoms with Crippen molar-refractivity contribution in [2.24, 2.45) is 0 Å². The zero-order valence-electron chi connectivity index (χ0n) is 22.7. The van der Waals surface area contributed by atoms with Gasteiger partial charge in [-0.25, -0.2) is 13.4 Å². The minimum atomic E-state index is -4.22. The van der Waals surface area contributed by atoms with Crippen LogP contribution in [-0.2, 0) is 27.8 Å². The third-order valence-corrected chi connectivity index (χ3v) is 9.43. The van der Waals surface area contributed by atoms with Crippen LogP contribution >= 0.6 is 11.6 Å². The van der Waals surface area contributed by atoms with Gasteiger partial charge in [0.2, 0.25) is 5.91 Å². The maximum atomic E-state index is 13.9. The Morgan fingerprint density at radius 2 is 1.98 bits per heavy atom. The van der Waals surface area contributed by atoms with E-state index in [-0.39, 0.29) is 54.5 Å². The van der Waals surface area contributed by atoms with Crippen LogP contribution < -0.4 is 5.32 Å². The van der Waals surface area contributed by atoms with E-state index in [9.17, 15) is 22.8 Å². The zero-order valence-corrected chi connectivity index (χ0v) is 24.2. The fourth-order valence-corrected chi connectivity index (χ4v) is 7.08. The smallest absolute Gasteiger partial charge is 0.310 e. The number of aromatic nitrogens is 2. The van der Waals surface area contributed by atoms with Crippen molar-refractivity contribution in [1.82, 2.24) is 29.4 Å². The van der Waals surface area contributed by atoms with Gasteiger partial charge in [0.15, 0.2) is 10.8 Å². The second-order valence-electron chi connectivity index (χ2n) is 10.5. The Labute approximate surface area is 236 Å². The number of rotatable bonds is 6. The van der Waals surface area contributed by atoms with Crippen LogP contribution in [-0.4, -0.2) is 95.9 Å². The predicted molar refractivity (Wildman–Crippen MR) is 147 cm³/mol. The number of piperazine rings is 1. The monoisotopic (exact) mass is 590 g/mol. The van der Waals surface area contributed by atoms with E-state index in [1.165, 1.54) is 21.0 Å². The molecule has 0 bridgehead atoms. The molecule has 3 aromatic rings. The summed E-state index contributed by atoms with van der Waals surface area (Å²) in [5, 5.41) is 3.80. The molecule has 0 saturated carbocycles. The normalized spacial score (nSPS) is 20.0. The molecule has 0 spiro atoms. The van der Waals surface area contributed by atoms with Gasteiger partial charge in [-0.15, -0.1) is 0 Å². The van der Waals surface area contributed by atoms with E-state index in [2.05, 4.69) is 15.3 Å². The molecule has 5 rings (SSSR count). The summed E-state index contributed by atoms with van der Waals surface area (Å²) in [6.07, 6.45) is 0.514. The van der Waals surface area contributed by atoms with Crippen LogP contribution in [0.2, 0.25) is 5.02 Å². The number of sulfonamides is 1. The van der Waals surface area contributed by atoms with Crippen LogP contribution in [0.3, 0.4) is 0 Å². The molecule has 2 unspecified atom stereocenters. The molecule has 1 aromatic carbocycles. The number of hydrogen-bond donors (Lipinski definition) is 2. The van der Waals surface area contributed by atoms with E-state index >= 15 is 0 Å². The summed E-state index contributed by atoms with van der Waals surface area (Å²) in [7, 11) is -1.03. The number of Topliss-reactive ketones (excluding diaryl/α,β-unsaturated/α-hetero) is 1. The van der Waals surface area contributed by atoms with Gasteiger partial charge < -0.3 is 24.5 Å². The Balaban J connectivity index is 1.47. The third kappa shape index (κ3) is 5.14. The minimum absolute atomic E-state index is 0.00655. The Morgan fingerprint density at radius 1 is 1.23 bits per heavy atom. The molecule has 1 fully saturated rings. The lowest BCUT2D eigenvalue weighted by Gasteiger charge is -2.40. The second kappa shape index (κ2) is 10.6. The van der Waals surface area contributed by atoms with Gasteiger partial charge in [0, 0.05) is 68.5 Å². The number of hydrogen-bond acceptors (Lipinski definition) is 8. The summed E-state index contributed by atoms with van der Waals surface area (Å²) in [5.41, 5.74) is 1.19. The summed E-state index contributed by atoms with van der Waals surface area (Å²) in [6, 6.07) is 4.17. The summed E-state index contributed by atoms with van der Waals surface area (Å²) in [4.78, 5) is 49.1. The van der Waals surface area contributed by atoms with E-state index in [1.54, 1.807) is 32.3 Å². The lowest BCUT2D eigenvalue weighted by atomic mass is 10.1. The molecule has 0 radical (unpaired) electrons. The Hall–Kier alpha value is -3.26. The first-order valence-electron chi connectivity index (χ1n) is 12.9. The molecular formula is C26H31ClN6O6S. The number of nitrogens with one attached hydrogen (secondary N) is 2. The number of aromatic amines is 1. The van der Waals surface area contributed by atoms with Crippen LogP contribution in [0.1, 0.15) is 52.8 Å². The maximum absolute atomic E-state index is 13.9. The standard InChI is InChI=1S/C26H31ClN6O6S/c1-14-9-20-21(12-28-14)39-24(29-20)26(36)33-8-7-32(13-17(33)11-22(35)31(3)4)40(37,38)25-23(15(2)34)18-10-16(27)5-6-19(18)30-25/h5-6,10,14,17,28,30H,7-9,11-13H2,1-4H3. The molecule has 2 amide bonds. The van der Waals surface area contributed by atoms with Crippen LogP contribution in [0.5, 0.6) is 0 Å². The highest BCUT2D eigenvalue weighted by Crippen LogP contribution is 2.32. The van der Waals surface area contributed by atoms with Crippen molar-refractivity contribution in [3.8, 4) is 0 Å². The molecule has 2 aromatic heterocycles. The van der Waals surface area contributed by atoms with Gasteiger partial charge in [-0.05, 0) is 32.0 Å². The lowest BCUT2D eigenvalue weighted by molar-refractivity contribution is -0.130. The molecule has 2 atom stereocenters. The Morgan fingerprint density at radius 3 is 2.67 bits per heavy atom. The van der Waals surface area contributed by atoms with Gasteiger partial charge in [0.05, 0.1) is 23.8 Å². The number of fused-ring (bicyclic) bond motifs is 2.